The van der Waals surface area contributed by atoms with Crippen molar-refractivity contribution in [3.05, 3.63) is 75.8 Å². The lowest BCUT2D eigenvalue weighted by Crippen LogP contribution is -3.25. The molecule has 2 aromatic rings. The highest BCUT2D eigenvalue weighted by Crippen LogP contribution is 2.44. The minimum atomic E-state index is -0.437. The number of hydrogen-bond acceptors (Lipinski definition) is 6. The number of rotatable bonds is 4. The van der Waals surface area contributed by atoms with Crippen molar-refractivity contribution >= 4 is 17.5 Å². The zero-order chi connectivity index (χ0) is 21.3. The second-order valence-corrected chi connectivity index (χ2v) is 8.26. The van der Waals surface area contributed by atoms with Gasteiger partial charge in [0.2, 0.25) is 5.66 Å². The summed E-state index contributed by atoms with van der Waals surface area (Å²) < 4.78 is 5.68. The SMILES string of the molecule is O=[N+]([O-])c1ccc(N2N=N[C@@H]3CCC/C(=C\c4ccccc4)[C@@]32[NH+]2CCOCC2)cc1. The molecule has 0 aromatic heterocycles. The molecule has 31 heavy (non-hydrogen) atoms. The van der Waals surface area contributed by atoms with Gasteiger partial charge in [-0.1, -0.05) is 35.6 Å². The van der Waals surface area contributed by atoms with Crippen molar-refractivity contribution in [2.45, 2.75) is 31.0 Å². The van der Waals surface area contributed by atoms with Crippen LogP contribution in [-0.2, 0) is 4.74 Å². The highest BCUT2D eigenvalue weighted by atomic mass is 16.6. The van der Waals surface area contributed by atoms with Crippen LogP contribution in [0.5, 0.6) is 0 Å². The molecule has 5 rings (SSSR count). The van der Waals surface area contributed by atoms with Crippen LogP contribution in [0, 0.1) is 10.1 Å². The number of morpholine rings is 1. The van der Waals surface area contributed by atoms with E-state index in [2.05, 4.69) is 35.6 Å². The monoisotopic (exact) mass is 420 g/mol. The van der Waals surface area contributed by atoms with Crippen LogP contribution in [0.15, 0.2) is 70.5 Å². The van der Waals surface area contributed by atoms with E-state index in [4.69, 9.17) is 9.85 Å². The smallest absolute Gasteiger partial charge is 0.269 e. The first-order valence-electron chi connectivity index (χ1n) is 10.8. The molecule has 2 atom stereocenters. The first kappa shape index (κ1) is 19.8. The first-order valence-corrected chi connectivity index (χ1v) is 10.8. The molecule has 0 amide bonds. The number of benzene rings is 2. The van der Waals surface area contributed by atoms with Crippen LogP contribution in [-0.4, -0.2) is 42.9 Å². The average Bonchev–Trinajstić information content (AvgIpc) is 3.22. The Morgan fingerprint density at radius 1 is 1.13 bits per heavy atom. The predicted molar refractivity (Wildman–Crippen MR) is 117 cm³/mol. The van der Waals surface area contributed by atoms with Gasteiger partial charge in [0.1, 0.15) is 13.1 Å². The van der Waals surface area contributed by atoms with Crippen molar-refractivity contribution in [1.29, 1.82) is 0 Å². The fraction of sp³-hybridized carbons (Fsp3) is 0.391. The van der Waals surface area contributed by atoms with Crippen LogP contribution >= 0.6 is 0 Å². The molecule has 0 radical (unpaired) electrons. The molecule has 0 unspecified atom stereocenters. The van der Waals surface area contributed by atoms with E-state index >= 15 is 0 Å². The van der Waals surface area contributed by atoms with Gasteiger partial charge in [0.25, 0.3) is 5.69 Å². The summed E-state index contributed by atoms with van der Waals surface area (Å²) in [6.07, 6.45) is 5.32. The van der Waals surface area contributed by atoms with E-state index < -0.39 is 5.66 Å². The number of quaternary nitrogens is 1. The molecule has 0 bridgehead atoms. The molecular formula is C23H26N5O3+. The number of nitro groups is 1. The number of nitro benzene ring substituents is 1. The summed E-state index contributed by atoms with van der Waals surface area (Å²) >= 11 is 0. The molecule has 1 saturated heterocycles. The molecule has 3 aliphatic rings. The van der Waals surface area contributed by atoms with Gasteiger partial charge in [-0.2, -0.15) is 10.1 Å². The number of hydrogen-bond donors (Lipinski definition) is 1. The Hall–Kier alpha value is -3.10. The summed E-state index contributed by atoms with van der Waals surface area (Å²) in [6.45, 7) is 3.15. The van der Waals surface area contributed by atoms with E-state index in [1.165, 1.54) is 16.0 Å². The van der Waals surface area contributed by atoms with E-state index in [1.807, 2.05) is 11.1 Å². The maximum absolute atomic E-state index is 11.2. The second kappa shape index (κ2) is 8.20. The number of nitrogens with one attached hydrogen (secondary N) is 1. The quantitative estimate of drug-likeness (QED) is 0.609. The predicted octanol–water partition coefficient (Wildman–Crippen LogP) is 3.03. The molecule has 8 heteroatoms. The zero-order valence-electron chi connectivity index (χ0n) is 17.3. The average molecular weight is 420 g/mol. The van der Waals surface area contributed by atoms with Crippen molar-refractivity contribution in [3.63, 3.8) is 0 Å². The van der Waals surface area contributed by atoms with E-state index in [0.29, 0.717) is 13.2 Å². The van der Waals surface area contributed by atoms with Gasteiger partial charge in [-0.15, -0.1) is 0 Å². The fourth-order valence-corrected chi connectivity index (χ4v) is 5.22. The third-order valence-corrected chi connectivity index (χ3v) is 6.59. The lowest BCUT2D eigenvalue weighted by atomic mass is 9.77. The van der Waals surface area contributed by atoms with Crippen LogP contribution in [0.3, 0.4) is 0 Å². The van der Waals surface area contributed by atoms with Crippen molar-refractivity contribution in [1.82, 2.24) is 0 Å². The lowest BCUT2D eigenvalue weighted by Gasteiger charge is -2.49. The largest absolute Gasteiger partial charge is 0.370 e. The van der Waals surface area contributed by atoms with Crippen molar-refractivity contribution in [3.8, 4) is 0 Å². The molecule has 2 aromatic carbocycles. The van der Waals surface area contributed by atoms with E-state index in [1.54, 1.807) is 24.3 Å². The third-order valence-electron chi connectivity index (χ3n) is 6.59. The van der Waals surface area contributed by atoms with Crippen molar-refractivity contribution < 1.29 is 14.6 Å². The maximum atomic E-state index is 11.2. The standard InChI is InChI=1S/C23H25N5O3/c29-28(30)21-11-9-20(10-12-21)27-23(26-13-15-31-16-14-26)19(7-4-8-22(23)24-25-27)17-18-5-2-1-3-6-18/h1-3,5-6,9-12,17,22H,4,7-8,13-16H2/p+1/b19-17+/t22-,23+/m1/s1. The number of non-ortho nitro benzene ring substituents is 1. The minimum absolute atomic E-state index is 0.0412. The summed E-state index contributed by atoms with van der Waals surface area (Å²) in [7, 11) is 0. The molecule has 0 spiro atoms. The molecule has 2 fully saturated rings. The molecule has 160 valence electrons. The topological polar surface area (TPSA) is 84.8 Å². The number of ether oxygens (including phenoxy) is 1. The van der Waals surface area contributed by atoms with Gasteiger partial charge in [0, 0.05) is 17.7 Å². The highest BCUT2D eigenvalue weighted by Gasteiger charge is 2.61. The van der Waals surface area contributed by atoms with Gasteiger partial charge in [-0.05, 0) is 43.0 Å². The Balaban J connectivity index is 1.64. The summed E-state index contributed by atoms with van der Waals surface area (Å²) in [5, 5.41) is 22.6. The Bertz CT molecular complexity index is 1000. The number of anilines is 1. The van der Waals surface area contributed by atoms with Crippen molar-refractivity contribution in [2.24, 2.45) is 10.3 Å². The van der Waals surface area contributed by atoms with Crippen LogP contribution in [0.25, 0.3) is 6.08 Å². The molecule has 2 heterocycles. The van der Waals surface area contributed by atoms with Gasteiger partial charge >= 0.3 is 0 Å². The molecule has 1 saturated carbocycles. The second-order valence-electron chi connectivity index (χ2n) is 8.26. The van der Waals surface area contributed by atoms with Gasteiger partial charge in [0.05, 0.1) is 23.8 Å². The summed E-state index contributed by atoms with van der Waals surface area (Å²) in [6, 6.07) is 17.1. The Morgan fingerprint density at radius 2 is 1.87 bits per heavy atom. The number of nitrogens with zero attached hydrogens (tertiary/aromatic N) is 4. The van der Waals surface area contributed by atoms with Crippen molar-refractivity contribution in [2.75, 3.05) is 31.3 Å². The van der Waals surface area contributed by atoms with Gasteiger partial charge in [-0.3, -0.25) is 10.1 Å². The first-order chi connectivity index (χ1) is 15.2. The Kier molecular flexibility index (Phi) is 5.25. The lowest BCUT2D eigenvalue weighted by molar-refractivity contribution is -0.954. The molecule has 1 aliphatic carbocycles. The van der Waals surface area contributed by atoms with E-state index in [9.17, 15) is 10.1 Å². The van der Waals surface area contributed by atoms with E-state index in [0.717, 1.165) is 38.0 Å². The van der Waals surface area contributed by atoms with Gasteiger partial charge < -0.3 is 9.64 Å². The maximum Gasteiger partial charge on any atom is 0.269 e. The Morgan fingerprint density at radius 3 is 2.58 bits per heavy atom. The summed E-state index contributed by atoms with van der Waals surface area (Å²) in [5.74, 6) is 0. The van der Waals surface area contributed by atoms with Gasteiger partial charge in [-0.25, -0.2) is 0 Å². The minimum Gasteiger partial charge on any atom is -0.370 e. The summed E-state index contributed by atoms with van der Waals surface area (Å²) in [4.78, 5) is 12.2. The molecule has 2 aliphatic heterocycles. The normalized spacial score (nSPS) is 27.4. The van der Waals surface area contributed by atoms with Crippen LogP contribution in [0.2, 0.25) is 0 Å². The molecule has 1 N–H and O–H groups in total. The highest BCUT2D eigenvalue weighted by molar-refractivity contribution is 5.61. The van der Waals surface area contributed by atoms with Crippen LogP contribution in [0.4, 0.5) is 11.4 Å². The fourth-order valence-electron chi connectivity index (χ4n) is 5.22. The van der Waals surface area contributed by atoms with E-state index in [-0.39, 0.29) is 16.7 Å². The third kappa shape index (κ3) is 3.41. The number of fused-ring (bicyclic) bond motifs is 1. The van der Waals surface area contributed by atoms with Crippen LogP contribution in [0.1, 0.15) is 24.8 Å². The van der Waals surface area contributed by atoms with Crippen LogP contribution < -0.4 is 9.91 Å². The van der Waals surface area contributed by atoms with Gasteiger partial charge in [0.15, 0.2) is 6.04 Å². The Labute approximate surface area is 180 Å². The summed E-state index contributed by atoms with van der Waals surface area (Å²) in [5.41, 5.74) is 2.95. The zero-order valence-corrected chi connectivity index (χ0v) is 17.3. The molecule has 8 nitrogen and oxygen atoms in total. The molecular weight excluding hydrogens is 394 g/mol.